The highest BCUT2D eigenvalue weighted by atomic mass is 16.1. The second-order valence-electron chi connectivity index (χ2n) is 6.05. The van der Waals surface area contributed by atoms with Gasteiger partial charge in [-0.05, 0) is 39.5 Å². The van der Waals surface area contributed by atoms with Crippen LogP contribution in [-0.2, 0) is 9.59 Å². The quantitative estimate of drug-likeness (QED) is 0.685. The molecule has 0 saturated heterocycles. The monoisotopic (exact) mass is 276 g/mol. The molecule has 0 N–H and O–H groups in total. The summed E-state index contributed by atoms with van der Waals surface area (Å²) in [5.41, 5.74) is 2.46. The first kappa shape index (κ1) is 16.9. The molecule has 0 bridgehead atoms. The van der Waals surface area contributed by atoms with Gasteiger partial charge in [0.05, 0.1) is 0 Å². The van der Waals surface area contributed by atoms with Crippen LogP contribution in [0.1, 0.15) is 78.1 Å². The van der Waals surface area contributed by atoms with Gasteiger partial charge >= 0.3 is 0 Å². The lowest BCUT2D eigenvalue weighted by atomic mass is 9.96. The average Bonchev–Trinajstić information content (AvgIpc) is 2.38. The summed E-state index contributed by atoms with van der Waals surface area (Å²) >= 11 is 0. The Morgan fingerprint density at radius 3 is 2.35 bits per heavy atom. The summed E-state index contributed by atoms with van der Waals surface area (Å²) in [7, 11) is 0. The number of hydrogen-bond donors (Lipinski definition) is 0. The minimum absolute atomic E-state index is 0.317. The predicted octanol–water partition coefficient (Wildman–Crippen LogP) is 4.93. The first-order valence-electron chi connectivity index (χ1n) is 7.92. The standard InChI is InChI=1S/C18H28O2/c1-15(2)8-7-9-16-12-13-17(19)10-5-3-4-6-11-18(20)14-16/h8,12H,3-7,9-11,13-14H2,1-2H3/b16-12-. The Morgan fingerprint density at radius 1 is 1.05 bits per heavy atom. The van der Waals surface area contributed by atoms with Crippen molar-refractivity contribution in [2.24, 2.45) is 0 Å². The normalized spacial score (nSPS) is 21.4. The van der Waals surface area contributed by atoms with Crippen LogP contribution in [0.3, 0.4) is 0 Å². The molecule has 0 fully saturated rings. The van der Waals surface area contributed by atoms with E-state index >= 15 is 0 Å². The molecule has 1 aliphatic rings. The van der Waals surface area contributed by atoms with E-state index in [1.165, 1.54) is 5.57 Å². The van der Waals surface area contributed by atoms with Crippen LogP contribution in [-0.4, -0.2) is 11.6 Å². The topological polar surface area (TPSA) is 34.1 Å². The van der Waals surface area contributed by atoms with E-state index in [0.717, 1.165) is 44.1 Å². The van der Waals surface area contributed by atoms with Gasteiger partial charge in [-0.15, -0.1) is 0 Å². The Morgan fingerprint density at radius 2 is 1.70 bits per heavy atom. The number of carbonyl (C=O) groups excluding carboxylic acids is 2. The number of hydrogen-bond acceptors (Lipinski definition) is 2. The summed E-state index contributed by atoms with van der Waals surface area (Å²) < 4.78 is 0. The Hall–Kier alpha value is -1.18. The lowest BCUT2D eigenvalue weighted by Crippen LogP contribution is -2.03. The molecule has 0 aromatic carbocycles. The van der Waals surface area contributed by atoms with Crippen LogP contribution in [0, 0.1) is 0 Å². The second kappa shape index (κ2) is 9.68. The summed E-state index contributed by atoms with van der Waals surface area (Å²) in [4.78, 5) is 23.7. The predicted molar refractivity (Wildman–Crippen MR) is 83.7 cm³/mol. The molecule has 2 heteroatoms. The summed E-state index contributed by atoms with van der Waals surface area (Å²) in [5, 5.41) is 0. The maximum Gasteiger partial charge on any atom is 0.136 e. The van der Waals surface area contributed by atoms with Crippen LogP contribution >= 0.6 is 0 Å². The van der Waals surface area contributed by atoms with E-state index in [1.54, 1.807) is 0 Å². The van der Waals surface area contributed by atoms with E-state index in [1.807, 2.05) is 6.08 Å². The molecule has 0 heterocycles. The largest absolute Gasteiger partial charge is 0.299 e. The lowest BCUT2D eigenvalue weighted by molar-refractivity contribution is -0.119. The third-order valence-corrected chi connectivity index (χ3v) is 3.72. The molecule has 0 spiro atoms. The van der Waals surface area contributed by atoms with Gasteiger partial charge < -0.3 is 0 Å². The van der Waals surface area contributed by atoms with Crippen LogP contribution in [0.15, 0.2) is 23.3 Å². The van der Waals surface area contributed by atoms with E-state index < -0.39 is 0 Å². The summed E-state index contributed by atoms with van der Waals surface area (Å²) in [6.45, 7) is 4.17. The molecule has 0 aliphatic heterocycles. The molecule has 0 unspecified atom stereocenters. The first-order chi connectivity index (χ1) is 9.58. The van der Waals surface area contributed by atoms with Gasteiger partial charge in [-0.25, -0.2) is 0 Å². The van der Waals surface area contributed by atoms with Crippen LogP contribution < -0.4 is 0 Å². The molecule has 20 heavy (non-hydrogen) atoms. The van der Waals surface area contributed by atoms with E-state index in [2.05, 4.69) is 19.9 Å². The fourth-order valence-corrected chi connectivity index (χ4v) is 2.51. The molecule has 1 aliphatic carbocycles. The number of rotatable bonds is 3. The highest BCUT2D eigenvalue weighted by molar-refractivity contribution is 5.82. The zero-order valence-electron chi connectivity index (χ0n) is 13.0. The van der Waals surface area contributed by atoms with Gasteiger partial charge in [0, 0.05) is 25.7 Å². The Balaban J connectivity index is 2.62. The van der Waals surface area contributed by atoms with Gasteiger partial charge in [0.25, 0.3) is 0 Å². The van der Waals surface area contributed by atoms with E-state index in [0.29, 0.717) is 37.2 Å². The van der Waals surface area contributed by atoms with Crippen LogP contribution in [0.25, 0.3) is 0 Å². The Kier molecular flexibility index (Phi) is 8.17. The SMILES string of the molecule is CC(C)=CCC/C1=C/CC(=O)CCCCCCC(=O)C1. The second-order valence-corrected chi connectivity index (χ2v) is 6.05. The smallest absolute Gasteiger partial charge is 0.136 e. The van der Waals surface area contributed by atoms with E-state index in [9.17, 15) is 9.59 Å². The maximum atomic E-state index is 11.9. The number of ketones is 2. The molecule has 0 radical (unpaired) electrons. The average molecular weight is 276 g/mol. The van der Waals surface area contributed by atoms with Gasteiger partial charge in [-0.3, -0.25) is 9.59 Å². The molecule has 0 saturated carbocycles. The lowest BCUT2D eigenvalue weighted by Gasteiger charge is -2.08. The van der Waals surface area contributed by atoms with Gasteiger partial charge in [0.2, 0.25) is 0 Å². The molecule has 1 rings (SSSR count). The van der Waals surface area contributed by atoms with Crippen molar-refractivity contribution in [1.29, 1.82) is 0 Å². The van der Waals surface area contributed by atoms with Crippen molar-refractivity contribution in [2.45, 2.75) is 78.1 Å². The maximum absolute atomic E-state index is 11.9. The van der Waals surface area contributed by atoms with Gasteiger partial charge in [0.15, 0.2) is 0 Å². The molecule has 0 aromatic heterocycles. The zero-order valence-corrected chi connectivity index (χ0v) is 13.0. The molecule has 0 atom stereocenters. The zero-order chi connectivity index (χ0) is 14.8. The van der Waals surface area contributed by atoms with Crippen molar-refractivity contribution in [3.63, 3.8) is 0 Å². The fourth-order valence-electron chi connectivity index (χ4n) is 2.51. The molecule has 112 valence electrons. The van der Waals surface area contributed by atoms with Crippen molar-refractivity contribution < 1.29 is 9.59 Å². The number of Topliss-reactive ketones (excluding diaryl/α,β-unsaturated/α-hetero) is 2. The molecule has 2 nitrogen and oxygen atoms in total. The van der Waals surface area contributed by atoms with Gasteiger partial charge in [0.1, 0.15) is 11.6 Å². The number of carbonyl (C=O) groups is 2. The fraction of sp³-hybridized carbons (Fsp3) is 0.667. The highest BCUT2D eigenvalue weighted by Crippen LogP contribution is 2.17. The minimum atomic E-state index is 0.317. The van der Waals surface area contributed by atoms with Crippen molar-refractivity contribution in [1.82, 2.24) is 0 Å². The summed E-state index contributed by atoms with van der Waals surface area (Å²) in [5.74, 6) is 0.652. The third kappa shape index (κ3) is 8.08. The van der Waals surface area contributed by atoms with Crippen LogP contribution in [0.2, 0.25) is 0 Å². The van der Waals surface area contributed by atoms with Crippen molar-refractivity contribution in [3.05, 3.63) is 23.3 Å². The van der Waals surface area contributed by atoms with Crippen molar-refractivity contribution in [2.75, 3.05) is 0 Å². The minimum Gasteiger partial charge on any atom is -0.299 e. The molecular formula is C18H28O2. The van der Waals surface area contributed by atoms with Crippen LogP contribution in [0.5, 0.6) is 0 Å². The van der Waals surface area contributed by atoms with Crippen molar-refractivity contribution >= 4 is 11.6 Å². The number of allylic oxidation sites excluding steroid dienone is 4. The summed E-state index contributed by atoms with van der Waals surface area (Å²) in [6, 6.07) is 0. The summed E-state index contributed by atoms with van der Waals surface area (Å²) in [6.07, 6.45) is 12.7. The molecular weight excluding hydrogens is 248 g/mol. The first-order valence-corrected chi connectivity index (χ1v) is 7.92. The highest BCUT2D eigenvalue weighted by Gasteiger charge is 2.09. The van der Waals surface area contributed by atoms with E-state index in [-0.39, 0.29) is 0 Å². The van der Waals surface area contributed by atoms with E-state index in [4.69, 9.17) is 0 Å². The van der Waals surface area contributed by atoms with Gasteiger partial charge in [-0.2, -0.15) is 0 Å². The van der Waals surface area contributed by atoms with Crippen molar-refractivity contribution in [3.8, 4) is 0 Å². The third-order valence-electron chi connectivity index (χ3n) is 3.72. The van der Waals surface area contributed by atoms with Crippen LogP contribution in [0.4, 0.5) is 0 Å². The molecule has 0 amide bonds. The Bertz CT molecular complexity index is 384. The Labute approximate surface area is 123 Å². The van der Waals surface area contributed by atoms with Gasteiger partial charge in [-0.1, -0.05) is 36.1 Å². The molecule has 0 aromatic rings.